The maximum Gasteiger partial charge on any atom is 0.122 e. The predicted octanol–water partition coefficient (Wildman–Crippen LogP) is 2.37. The van der Waals surface area contributed by atoms with Gasteiger partial charge in [-0.3, -0.25) is 4.68 Å². The lowest BCUT2D eigenvalue weighted by molar-refractivity contribution is 0.319. The standard InChI is InChI=1S/C15H21N3O/c1-11-8-14(12(2)16)4-5-15(11)19-7-6-13-9-17-18(3)10-13/h4-5,8-10,12H,6-7,16H2,1-3H3. The van der Waals surface area contributed by atoms with Crippen LogP contribution in [0.15, 0.2) is 30.6 Å². The first-order chi connectivity index (χ1) is 9.06. The fourth-order valence-electron chi connectivity index (χ4n) is 2.00. The van der Waals surface area contributed by atoms with Crippen LogP contribution in [0.2, 0.25) is 0 Å². The van der Waals surface area contributed by atoms with Crippen molar-refractivity contribution in [3.8, 4) is 5.75 Å². The van der Waals surface area contributed by atoms with Gasteiger partial charge in [0, 0.05) is 25.7 Å². The summed E-state index contributed by atoms with van der Waals surface area (Å²) in [4.78, 5) is 0. The molecule has 0 bridgehead atoms. The van der Waals surface area contributed by atoms with Crippen molar-refractivity contribution >= 4 is 0 Å². The van der Waals surface area contributed by atoms with E-state index in [4.69, 9.17) is 10.5 Å². The number of ether oxygens (including phenoxy) is 1. The summed E-state index contributed by atoms with van der Waals surface area (Å²) in [5.41, 5.74) is 9.31. The molecule has 4 heteroatoms. The third-order valence-corrected chi connectivity index (χ3v) is 3.13. The number of hydrogen-bond acceptors (Lipinski definition) is 3. The van der Waals surface area contributed by atoms with Crippen LogP contribution in [0.1, 0.15) is 29.7 Å². The minimum Gasteiger partial charge on any atom is -0.493 e. The molecule has 0 radical (unpaired) electrons. The first kappa shape index (κ1) is 13.6. The zero-order valence-corrected chi connectivity index (χ0v) is 11.8. The molecule has 1 atom stereocenters. The lowest BCUT2D eigenvalue weighted by Gasteiger charge is -2.12. The predicted molar refractivity (Wildman–Crippen MR) is 76.2 cm³/mol. The zero-order chi connectivity index (χ0) is 13.8. The summed E-state index contributed by atoms with van der Waals surface area (Å²) < 4.78 is 7.61. The van der Waals surface area contributed by atoms with Crippen LogP contribution in [-0.2, 0) is 13.5 Å². The van der Waals surface area contributed by atoms with Crippen molar-refractivity contribution < 1.29 is 4.74 Å². The highest BCUT2D eigenvalue weighted by molar-refractivity contribution is 5.37. The normalized spacial score (nSPS) is 12.4. The summed E-state index contributed by atoms with van der Waals surface area (Å²) in [5, 5.41) is 4.14. The topological polar surface area (TPSA) is 53.1 Å². The van der Waals surface area contributed by atoms with E-state index in [0.717, 1.165) is 23.3 Å². The van der Waals surface area contributed by atoms with Crippen molar-refractivity contribution in [2.75, 3.05) is 6.61 Å². The van der Waals surface area contributed by atoms with Gasteiger partial charge in [0.25, 0.3) is 0 Å². The first-order valence-corrected chi connectivity index (χ1v) is 6.52. The molecule has 1 heterocycles. The molecule has 0 saturated heterocycles. The van der Waals surface area contributed by atoms with Crippen molar-refractivity contribution in [2.45, 2.75) is 26.3 Å². The first-order valence-electron chi connectivity index (χ1n) is 6.52. The maximum atomic E-state index is 5.86. The molecule has 0 aliphatic carbocycles. The molecule has 0 aliphatic rings. The SMILES string of the molecule is Cc1cc(C(C)N)ccc1OCCc1cnn(C)c1. The largest absolute Gasteiger partial charge is 0.493 e. The van der Waals surface area contributed by atoms with Crippen LogP contribution in [0.25, 0.3) is 0 Å². The van der Waals surface area contributed by atoms with E-state index in [0.29, 0.717) is 6.61 Å². The molecule has 2 aromatic rings. The Morgan fingerprint density at radius 1 is 1.42 bits per heavy atom. The van der Waals surface area contributed by atoms with Gasteiger partial charge in [-0.2, -0.15) is 5.10 Å². The number of benzene rings is 1. The summed E-state index contributed by atoms with van der Waals surface area (Å²) in [5.74, 6) is 0.924. The van der Waals surface area contributed by atoms with Crippen LogP contribution < -0.4 is 10.5 Å². The van der Waals surface area contributed by atoms with Crippen LogP contribution in [0.5, 0.6) is 5.75 Å². The Morgan fingerprint density at radius 2 is 2.21 bits per heavy atom. The lowest BCUT2D eigenvalue weighted by Crippen LogP contribution is -2.06. The summed E-state index contributed by atoms with van der Waals surface area (Å²) >= 11 is 0. The Hall–Kier alpha value is -1.81. The quantitative estimate of drug-likeness (QED) is 0.897. The van der Waals surface area contributed by atoms with E-state index < -0.39 is 0 Å². The van der Waals surface area contributed by atoms with E-state index in [9.17, 15) is 0 Å². The summed E-state index contributed by atoms with van der Waals surface area (Å²) in [6, 6.07) is 6.17. The summed E-state index contributed by atoms with van der Waals surface area (Å²) in [6.45, 7) is 4.69. The van der Waals surface area contributed by atoms with E-state index in [1.165, 1.54) is 5.56 Å². The van der Waals surface area contributed by atoms with E-state index in [1.54, 1.807) is 4.68 Å². The van der Waals surface area contributed by atoms with Crippen LogP contribution in [0.4, 0.5) is 0 Å². The average Bonchev–Trinajstić information content (AvgIpc) is 2.77. The Kier molecular flexibility index (Phi) is 4.22. The molecular formula is C15H21N3O. The molecule has 4 nitrogen and oxygen atoms in total. The highest BCUT2D eigenvalue weighted by Gasteiger charge is 2.04. The molecule has 0 spiro atoms. The molecule has 1 aromatic heterocycles. The van der Waals surface area contributed by atoms with Crippen molar-refractivity contribution in [1.29, 1.82) is 0 Å². The van der Waals surface area contributed by atoms with Crippen LogP contribution in [-0.4, -0.2) is 16.4 Å². The van der Waals surface area contributed by atoms with E-state index in [-0.39, 0.29) is 6.04 Å². The van der Waals surface area contributed by atoms with Gasteiger partial charge in [0.15, 0.2) is 0 Å². The number of nitrogens with zero attached hydrogens (tertiary/aromatic N) is 2. The van der Waals surface area contributed by atoms with Crippen LogP contribution >= 0.6 is 0 Å². The molecule has 0 amide bonds. The molecule has 0 aliphatic heterocycles. The highest BCUT2D eigenvalue weighted by atomic mass is 16.5. The average molecular weight is 259 g/mol. The molecule has 0 fully saturated rings. The van der Waals surface area contributed by atoms with Gasteiger partial charge in [-0.25, -0.2) is 0 Å². The monoisotopic (exact) mass is 259 g/mol. The third-order valence-electron chi connectivity index (χ3n) is 3.13. The number of aryl methyl sites for hydroxylation is 2. The minimum atomic E-state index is 0.0585. The van der Waals surface area contributed by atoms with E-state index in [1.807, 2.05) is 45.4 Å². The second-order valence-corrected chi connectivity index (χ2v) is 4.93. The molecule has 102 valence electrons. The van der Waals surface area contributed by atoms with Crippen LogP contribution in [0.3, 0.4) is 0 Å². The molecule has 19 heavy (non-hydrogen) atoms. The lowest BCUT2D eigenvalue weighted by atomic mass is 10.1. The maximum absolute atomic E-state index is 5.86. The van der Waals surface area contributed by atoms with Crippen molar-refractivity contribution in [2.24, 2.45) is 12.8 Å². The van der Waals surface area contributed by atoms with Gasteiger partial charge in [0.05, 0.1) is 12.8 Å². The van der Waals surface area contributed by atoms with Crippen LogP contribution in [0, 0.1) is 6.92 Å². The number of aromatic nitrogens is 2. The number of rotatable bonds is 5. The van der Waals surface area contributed by atoms with Crippen molar-refractivity contribution in [1.82, 2.24) is 9.78 Å². The van der Waals surface area contributed by atoms with E-state index in [2.05, 4.69) is 11.2 Å². The van der Waals surface area contributed by atoms with Gasteiger partial charge >= 0.3 is 0 Å². The highest BCUT2D eigenvalue weighted by Crippen LogP contribution is 2.22. The van der Waals surface area contributed by atoms with Gasteiger partial charge in [0.1, 0.15) is 5.75 Å². The Balaban J connectivity index is 1.92. The molecular weight excluding hydrogens is 238 g/mol. The van der Waals surface area contributed by atoms with Gasteiger partial charge < -0.3 is 10.5 Å². The number of nitrogens with two attached hydrogens (primary N) is 1. The second-order valence-electron chi connectivity index (χ2n) is 4.93. The fraction of sp³-hybridized carbons (Fsp3) is 0.400. The van der Waals surface area contributed by atoms with Gasteiger partial charge in [-0.1, -0.05) is 12.1 Å². The van der Waals surface area contributed by atoms with Crippen molar-refractivity contribution in [3.05, 3.63) is 47.3 Å². The second kappa shape index (κ2) is 5.89. The van der Waals surface area contributed by atoms with Crippen molar-refractivity contribution in [3.63, 3.8) is 0 Å². The molecule has 0 saturated carbocycles. The third kappa shape index (κ3) is 3.58. The zero-order valence-electron chi connectivity index (χ0n) is 11.8. The molecule has 2 N–H and O–H groups in total. The fourth-order valence-corrected chi connectivity index (χ4v) is 2.00. The Bertz CT molecular complexity index is 546. The minimum absolute atomic E-state index is 0.0585. The Morgan fingerprint density at radius 3 is 2.79 bits per heavy atom. The van der Waals surface area contributed by atoms with E-state index >= 15 is 0 Å². The molecule has 2 rings (SSSR count). The van der Waals surface area contributed by atoms with Gasteiger partial charge in [0.2, 0.25) is 0 Å². The summed E-state index contributed by atoms with van der Waals surface area (Å²) in [7, 11) is 1.92. The summed E-state index contributed by atoms with van der Waals surface area (Å²) in [6.07, 6.45) is 4.74. The Labute approximate surface area is 114 Å². The smallest absolute Gasteiger partial charge is 0.122 e. The van der Waals surface area contributed by atoms with Gasteiger partial charge in [-0.15, -0.1) is 0 Å². The molecule has 1 aromatic carbocycles. The van der Waals surface area contributed by atoms with Gasteiger partial charge in [-0.05, 0) is 36.6 Å². The molecule has 1 unspecified atom stereocenters. The number of hydrogen-bond donors (Lipinski definition) is 1.